The van der Waals surface area contributed by atoms with Crippen molar-refractivity contribution in [2.75, 3.05) is 6.54 Å². The molecule has 2 atom stereocenters. The van der Waals surface area contributed by atoms with Gasteiger partial charge in [-0.2, -0.15) is 0 Å². The summed E-state index contributed by atoms with van der Waals surface area (Å²) in [4.78, 5) is 21.6. The number of nitrogens with one attached hydrogen (secondary N) is 1. The van der Waals surface area contributed by atoms with E-state index in [1.807, 2.05) is 6.08 Å². The summed E-state index contributed by atoms with van der Waals surface area (Å²) >= 11 is 0. The van der Waals surface area contributed by atoms with Gasteiger partial charge in [0.2, 0.25) is 0 Å². The molecule has 1 aliphatic rings. The van der Waals surface area contributed by atoms with Crippen molar-refractivity contribution in [3.05, 3.63) is 11.6 Å². The summed E-state index contributed by atoms with van der Waals surface area (Å²) < 4.78 is 0. The number of allylic oxidation sites excluding steroid dienone is 1. The summed E-state index contributed by atoms with van der Waals surface area (Å²) in [6, 6.07) is 0.418. The van der Waals surface area contributed by atoms with E-state index in [0.29, 0.717) is 30.1 Å². The molecule has 1 N–H and O–H groups in total. The largest absolute Gasteiger partial charge is 0.313 e. The molecule has 2 unspecified atom stereocenters. The van der Waals surface area contributed by atoms with E-state index in [2.05, 4.69) is 12.2 Å². The lowest BCUT2D eigenvalue weighted by Gasteiger charge is -2.28. The molecule has 19 heavy (non-hydrogen) atoms. The highest BCUT2D eigenvalue weighted by Crippen LogP contribution is 2.24. The number of unbranched alkanes of at least 4 members (excludes halogenated alkanes) is 1. The predicted molar refractivity (Wildman–Crippen MR) is 78.1 cm³/mol. The standard InChI is InChI=1S/C16H27NO2/c1-2-3-10-17-16-9-7-5-4-6-8-15(16)11-14(12-18)13-19/h11-13,15-17H,2-10H2,1H3. The third-order valence-corrected chi connectivity index (χ3v) is 3.93. The Morgan fingerprint density at radius 1 is 1.11 bits per heavy atom. The molecule has 0 radical (unpaired) electrons. The monoisotopic (exact) mass is 265 g/mol. The van der Waals surface area contributed by atoms with Crippen molar-refractivity contribution in [1.29, 1.82) is 0 Å². The third kappa shape index (κ3) is 6.15. The number of rotatable bonds is 7. The van der Waals surface area contributed by atoms with E-state index < -0.39 is 0 Å². The van der Waals surface area contributed by atoms with Crippen molar-refractivity contribution in [1.82, 2.24) is 5.32 Å². The molecule has 0 saturated heterocycles. The first-order valence-corrected chi connectivity index (χ1v) is 7.67. The van der Waals surface area contributed by atoms with Crippen molar-refractivity contribution in [3.8, 4) is 0 Å². The molecular formula is C16H27NO2. The minimum absolute atomic E-state index is 0.299. The summed E-state index contributed by atoms with van der Waals surface area (Å²) in [6.45, 7) is 3.22. The van der Waals surface area contributed by atoms with E-state index in [-0.39, 0.29) is 0 Å². The lowest BCUT2D eigenvalue weighted by Crippen LogP contribution is -2.37. The molecule has 1 aliphatic carbocycles. The fourth-order valence-corrected chi connectivity index (χ4v) is 2.78. The Hall–Kier alpha value is -0.960. The molecule has 108 valence electrons. The number of hydrogen-bond donors (Lipinski definition) is 1. The molecule has 0 spiro atoms. The first-order valence-electron chi connectivity index (χ1n) is 7.67. The van der Waals surface area contributed by atoms with Gasteiger partial charge in [0.15, 0.2) is 12.6 Å². The van der Waals surface area contributed by atoms with Gasteiger partial charge >= 0.3 is 0 Å². The van der Waals surface area contributed by atoms with E-state index >= 15 is 0 Å². The van der Waals surface area contributed by atoms with Crippen LogP contribution in [-0.4, -0.2) is 25.2 Å². The van der Waals surface area contributed by atoms with Gasteiger partial charge in [0.1, 0.15) is 0 Å². The molecule has 0 heterocycles. The Labute approximate surface area is 116 Å². The summed E-state index contributed by atoms with van der Waals surface area (Å²) in [6.07, 6.45) is 12.8. The lowest BCUT2D eigenvalue weighted by molar-refractivity contribution is -0.109. The molecule has 0 aromatic carbocycles. The second kappa shape index (κ2) is 9.90. The molecule has 3 nitrogen and oxygen atoms in total. The van der Waals surface area contributed by atoms with Crippen molar-refractivity contribution < 1.29 is 9.59 Å². The van der Waals surface area contributed by atoms with Crippen LogP contribution in [0.5, 0.6) is 0 Å². The van der Waals surface area contributed by atoms with E-state index in [4.69, 9.17) is 0 Å². The van der Waals surface area contributed by atoms with Crippen LogP contribution in [0.1, 0.15) is 58.3 Å². The molecule has 0 amide bonds. The molecule has 1 rings (SSSR count). The minimum atomic E-state index is 0.299. The quantitative estimate of drug-likeness (QED) is 0.253. The Kier molecular flexibility index (Phi) is 8.39. The van der Waals surface area contributed by atoms with Crippen LogP contribution in [0.3, 0.4) is 0 Å². The molecular weight excluding hydrogens is 238 g/mol. The lowest BCUT2D eigenvalue weighted by atomic mass is 9.85. The number of hydrogen-bond acceptors (Lipinski definition) is 3. The van der Waals surface area contributed by atoms with Crippen LogP contribution in [0.25, 0.3) is 0 Å². The molecule has 1 saturated carbocycles. The normalized spacial score (nSPS) is 24.1. The fourth-order valence-electron chi connectivity index (χ4n) is 2.78. The van der Waals surface area contributed by atoms with Gasteiger partial charge in [0, 0.05) is 6.04 Å². The van der Waals surface area contributed by atoms with Crippen LogP contribution >= 0.6 is 0 Å². The highest BCUT2D eigenvalue weighted by Gasteiger charge is 2.20. The molecule has 0 aliphatic heterocycles. The minimum Gasteiger partial charge on any atom is -0.313 e. The van der Waals surface area contributed by atoms with Crippen LogP contribution in [0, 0.1) is 5.92 Å². The average Bonchev–Trinajstić information content (AvgIpc) is 2.41. The van der Waals surface area contributed by atoms with Crippen LogP contribution in [0.2, 0.25) is 0 Å². The Balaban J connectivity index is 2.68. The molecule has 0 aromatic rings. The van der Waals surface area contributed by atoms with Gasteiger partial charge in [-0.3, -0.25) is 9.59 Å². The first kappa shape index (κ1) is 16.1. The van der Waals surface area contributed by atoms with Crippen LogP contribution < -0.4 is 5.32 Å². The van der Waals surface area contributed by atoms with Gasteiger partial charge < -0.3 is 5.32 Å². The predicted octanol–water partition coefficient (Wildman–Crippen LogP) is 3.04. The summed E-state index contributed by atoms with van der Waals surface area (Å²) in [5.74, 6) is 0.322. The molecule has 1 fully saturated rings. The zero-order valence-electron chi connectivity index (χ0n) is 12.1. The van der Waals surface area contributed by atoms with E-state index in [9.17, 15) is 9.59 Å². The maximum Gasteiger partial charge on any atom is 0.153 e. The smallest absolute Gasteiger partial charge is 0.153 e. The zero-order chi connectivity index (χ0) is 13.9. The van der Waals surface area contributed by atoms with Gasteiger partial charge in [-0.15, -0.1) is 0 Å². The van der Waals surface area contributed by atoms with Crippen molar-refractivity contribution in [3.63, 3.8) is 0 Å². The first-order chi connectivity index (χ1) is 9.31. The van der Waals surface area contributed by atoms with Crippen LogP contribution in [-0.2, 0) is 9.59 Å². The third-order valence-electron chi connectivity index (χ3n) is 3.93. The number of aldehydes is 2. The highest BCUT2D eigenvalue weighted by molar-refractivity contribution is 5.99. The molecule has 0 aromatic heterocycles. The number of carbonyl (C=O) groups excluding carboxylic acids is 2. The Bertz CT molecular complexity index is 289. The zero-order valence-corrected chi connectivity index (χ0v) is 12.1. The van der Waals surface area contributed by atoms with Crippen molar-refractivity contribution in [2.24, 2.45) is 5.92 Å². The molecule has 3 heteroatoms. The second-order valence-electron chi connectivity index (χ2n) is 5.47. The van der Waals surface area contributed by atoms with Crippen LogP contribution in [0.4, 0.5) is 0 Å². The van der Waals surface area contributed by atoms with E-state index in [1.54, 1.807) is 0 Å². The van der Waals surface area contributed by atoms with E-state index in [1.165, 1.54) is 38.5 Å². The highest BCUT2D eigenvalue weighted by atomic mass is 16.1. The maximum absolute atomic E-state index is 10.8. The summed E-state index contributed by atoms with van der Waals surface area (Å²) in [7, 11) is 0. The topological polar surface area (TPSA) is 46.2 Å². The van der Waals surface area contributed by atoms with Crippen molar-refractivity contribution >= 4 is 12.6 Å². The SMILES string of the molecule is CCCCNC1CCCCCCC1C=C(C=O)C=O. The maximum atomic E-state index is 10.8. The van der Waals surface area contributed by atoms with Crippen LogP contribution in [0.15, 0.2) is 11.6 Å². The summed E-state index contributed by atoms with van der Waals surface area (Å²) in [5.41, 5.74) is 0.299. The van der Waals surface area contributed by atoms with Gasteiger partial charge in [-0.05, 0) is 31.7 Å². The summed E-state index contributed by atoms with van der Waals surface area (Å²) in [5, 5.41) is 3.62. The van der Waals surface area contributed by atoms with Gasteiger partial charge in [-0.1, -0.05) is 45.1 Å². The second-order valence-corrected chi connectivity index (χ2v) is 5.47. The van der Waals surface area contributed by atoms with Gasteiger partial charge in [0.05, 0.1) is 5.57 Å². The number of carbonyl (C=O) groups is 2. The van der Waals surface area contributed by atoms with Gasteiger partial charge in [0.25, 0.3) is 0 Å². The fraction of sp³-hybridized carbons (Fsp3) is 0.750. The molecule has 0 bridgehead atoms. The van der Waals surface area contributed by atoms with Gasteiger partial charge in [-0.25, -0.2) is 0 Å². The Morgan fingerprint density at radius 2 is 1.79 bits per heavy atom. The van der Waals surface area contributed by atoms with Crippen molar-refractivity contribution in [2.45, 2.75) is 64.3 Å². The Morgan fingerprint density at radius 3 is 2.42 bits per heavy atom. The average molecular weight is 265 g/mol. The van der Waals surface area contributed by atoms with E-state index in [0.717, 1.165) is 19.4 Å².